The van der Waals surface area contributed by atoms with Gasteiger partial charge in [0, 0.05) is 10.9 Å². The number of hydrogen-bond donors (Lipinski definition) is 1. The molecule has 3 atom stereocenters. The lowest BCUT2D eigenvalue weighted by Crippen LogP contribution is -2.20. The molecule has 0 spiro atoms. The molecule has 1 N–H and O–H groups in total. The van der Waals surface area contributed by atoms with E-state index in [9.17, 15) is 0 Å². The van der Waals surface area contributed by atoms with E-state index in [1.165, 1.54) is 11.3 Å². The maximum atomic E-state index is 5.89. The fourth-order valence-corrected chi connectivity index (χ4v) is 2.76. The maximum Gasteiger partial charge on any atom is 0.0931 e. The first kappa shape index (κ1) is 10.5. The van der Waals surface area contributed by atoms with E-state index in [4.69, 9.17) is 11.6 Å². The lowest BCUT2D eigenvalue weighted by atomic mass is 10.2. The van der Waals surface area contributed by atoms with Crippen molar-refractivity contribution in [2.75, 3.05) is 6.54 Å². The van der Waals surface area contributed by atoms with Crippen LogP contribution < -0.4 is 5.32 Å². The topological polar surface area (TPSA) is 12.0 Å². The molecule has 1 nitrogen and oxygen atoms in total. The lowest BCUT2D eigenvalue weighted by Gasteiger charge is -2.11. The van der Waals surface area contributed by atoms with Crippen LogP contribution in [0.25, 0.3) is 0 Å². The fourth-order valence-electron chi connectivity index (χ4n) is 1.67. The van der Waals surface area contributed by atoms with E-state index in [1.807, 2.05) is 6.07 Å². The Morgan fingerprint density at radius 1 is 1.64 bits per heavy atom. The third-order valence-electron chi connectivity index (χ3n) is 2.98. The molecule has 0 aliphatic heterocycles. The van der Waals surface area contributed by atoms with Crippen molar-refractivity contribution in [3.8, 4) is 0 Å². The van der Waals surface area contributed by atoms with Gasteiger partial charge < -0.3 is 5.32 Å². The van der Waals surface area contributed by atoms with Crippen molar-refractivity contribution >= 4 is 22.9 Å². The van der Waals surface area contributed by atoms with Crippen molar-refractivity contribution in [1.82, 2.24) is 5.32 Å². The second kappa shape index (κ2) is 4.21. The highest BCUT2D eigenvalue weighted by Gasteiger charge is 2.32. The highest BCUT2D eigenvalue weighted by molar-refractivity contribution is 7.16. The van der Waals surface area contributed by atoms with E-state index >= 15 is 0 Å². The molecule has 0 amide bonds. The van der Waals surface area contributed by atoms with Gasteiger partial charge >= 0.3 is 0 Å². The van der Waals surface area contributed by atoms with Crippen LogP contribution in [0.5, 0.6) is 0 Å². The molecule has 0 aromatic carbocycles. The summed E-state index contributed by atoms with van der Waals surface area (Å²) in [4.78, 5) is 1.34. The summed E-state index contributed by atoms with van der Waals surface area (Å²) in [5, 5.41) is 3.56. The van der Waals surface area contributed by atoms with Gasteiger partial charge in [-0.1, -0.05) is 18.5 Å². The van der Waals surface area contributed by atoms with Crippen LogP contribution in [0, 0.1) is 11.8 Å². The van der Waals surface area contributed by atoms with Crippen molar-refractivity contribution in [3.63, 3.8) is 0 Å². The van der Waals surface area contributed by atoms with Gasteiger partial charge in [0.25, 0.3) is 0 Å². The number of thiophene rings is 1. The van der Waals surface area contributed by atoms with Crippen LogP contribution in [0.1, 0.15) is 31.2 Å². The molecule has 14 heavy (non-hydrogen) atoms. The summed E-state index contributed by atoms with van der Waals surface area (Å²) < 4.78 is 0.883. The first-order valence-corrected chi connectivity index (χ1v) is 6.35. The van der Waals surface area contributed by atoms with Crippen LogP contribution in [0.3, 0.4) is 0 Å². The monoisotopic (exact) mass is 229 g/mol. The van der Waals surface area contributed by atoms with Gasteiger partial charge in [-0.25, -0.2) is 0 Å². The van der Waals surface area contributed by atoms with Crippen molar-refractivity contribution in [3.05, 3.63) is 21.3 Å². The Morgan fingerprint density at radius 3 is 2.86 bits per heavy atom. The van der Waals surface area contributed by atoms with Gasteiger partial charge in [0.2, 0.25) is 0 Å². The Hall–Kier alpha value is -0.0500. The predicted octanol–water partition coefficient (Wildman–Crippen LogP) is 3.71. The molecule has 0 bridgehead atoms. The standard InChI is InChI=1S/C11H16ClNS/c1-7-5-9(7)6-13-8(2)10-3-4-11(12)14-10/h3-4,7-9,13H,5-6H2,1-2H3. The lowest BCUT2D eigenvalue weighted by molar-refractivity contribution is 0.541. The van der Waals surface area contributed by atoms with E-state index in [0.717, 1.165) is 22.7 Å². The Balaban J connectivity index is 1.80. The Bertz CT molecular complexity index is 310. The minimum atomic E-state index is 0.445. The van der Waals surface area contributed by atoms with Crippen LogP contribution in [-0.2, 0) is 0 Å². The van der Waals surface area contributed by atoms with Crippen LogP contribution in [0.4, 0.5) is 0 Å². The minimum Gasteiger partial charge on any atom is -0.309 e. The van der Waals surface area contributed by atoms with Gasteiger partial charge in [0.15, 0.2) is 0 Å². The molecule has 0 saturated heterocycles. The molecular formula is C11H16ClNS. The normalized spacial score (nSPS) is 27.6. The number of hydrogen-bond acceptors (Lipinski definition) is 2. The average Bonchev–Trinajstić information content (AvgIpc) is 2.66. The highest BCUT2D eigenvalue weighted by Crippen LogP contribution is 2.37. The number of rotatable bonds is 4. The summed E-state index contributed by atoms with van der Waals surface area (Å²) in [6.07, 6.45) is 1.39. The first-order valence-electron chi connectivity index (χ1n) is 5.15. The summed E-state index contributed by atoms with van der Waals surface area (Å²) in [5.74, 6) is 1.84. The van der Waals surface area contributed by atoms with Gasteiger partial charge in [-0.15, -0.1) is 11.3 Å². The Morgan fingerprint density at radius 2 is 2.36 bits per heavy atom. The van der Waals surface area contributed by atoms with Gasteiger partial charge in [0.05, 0.1) is 4.34 Å². The summed E-state index contributed by atoms with van der Waals surface area (Å²) in [7, 11) is 0. The quantitative estimate of drug-likeness (QED) is 0.830. The molecule has 1 aromatic rings. The minimum absolute atomic E-state index is 0.445. The molecule has 78 valence electrons. The largest absolute Gasteiger partial charge is 0.309 e. The highest BCUT2D eigenvalue weighted by atomic mass is 35.5. The second-order valence-electron chi connectivity index (χ2n) is 4.24. The molecule has 1 fully saturated rings. The zero-order chi connectivity index (χ0) is 10.1. The summed E-state index contributed by atoms with van der Waals surface area (Å²) in [6.45, 7) is 5.67. The smallest absolute Gasteiger partial charge is 0.0931 e. The van der Waals surface area contributed by atoms with Crippen LogP contribution in [0.15, 0.2) is 12.1 Å². The molecule has 0 radical (unpaired) electrons. The van der Waals surface area contributed by atoms with Crippen LogP contribution in [0.2, 0.25) is 4.34 Å². The summed E-state index contributed by atoms with van der Waals surface area (Å²) >= 11 is 7.57. The SMILES string of the molecule is CC(NCC1CC1C)c1ccc(Cl)s1. The van der Waals surface area contributed by atoms with Crippen molar-refractivity contribution < 1.29 is 0 Å². The van der Waals surface area contributed by atoms with Crippen molar-refractivity contribution in [2.45, 2.75) is 26.3 Å². The molecule has 3 heteroatoms. The summed E-state index contributed by atoms with van der Waals surface area (Å²) in [6, 6.07) is 4.53. The van der Waals surface area contributed by atoms with Crippen LogP contribution >= 0.6 is 22.9 Å². The maximum absolute atomic E-state index is 5.89. The van der Waals surface area contributed by atoms with Crippen LogP contribution in [-0.4, -0.2) is 6.54 Å². The predicted molar refractivity (Wildman–Crippen MR) is 63.0 cm³/mol. The van der Waals surface area contributed by atoms with E-state index in [2.05, 4.69) is 25.2 Å². The molecular weight excluding hydrogens is 214 g/mol. The van der Waals surface area contributed by atoms with Crippen molar-refractivity contribution in [2.24, 2.45) is 11.8 Å². The number of halogens is 1. The van der Waals surface area contributed by atoms with E-state index in [0.29, 0.717) is 6.04 Å². The number of nitrogens with one attached hydrogen (secondary N) is 1. The zero-order valence-electron chi connectivity index (χ0n) is 8.59. The fraction of sp³-hybridized carbons (Fsp3) is 0.636. The molecule has 1 saturated carbocycles. The molecule has 1 aliphatic rings. The van der Waals surface area contributed by atoms with E-state index < -0.39 is 0 Å². The van der Waals surface area contributed by atoms with Gasteiger partial charge in [-0.2, -0.15) is 0 Å². The van der Waals surface area contributed by atoms with E-state index in [1.54, 1.807) is 11.3 Å². The molecule has 1 aliphatic carbocycles. The Kier molecular flexibility index (Phi) is 3.15. The first-order chi connectivity index (χ1) is 6.66. The van der Waals surface area contributed by atoms with Gasteiger partial charge in [-0.3, -0.25) is 0 Å². The molecule has 1 aromatic heterocycles. The van der Waals surface area contributed by atoms with E-state index in [-0.39, 0.29) is 0 Å². The van der Waals surface area contributed by atoms with Gasteiger partial charge in [0.1, 0.15) is 0 Å². The molecule has 3 unspecified atom stereocenters. The Labute approximate surface area is 94.5 Å². The molecule has 1 heterocycles. The second-order valence-corrected chi connectivity index (χ2v) is 5.99. The third kappa shape index (κ3) is 2.50. The average molecular weight is 230 g/mol. The summed E-state index contributed by atoms with van der Waals surface area (Å²) in [5.41, 5.74) is 0. The molecule has 2 rings (SSSR count). The third-order valence-corrected chi connectivity index (χ3v) is 4.40. The zero-order valence-corrected chi connectivity index (χ0v) is 10.2. The van der Waals surface area contributed by atoms with Crippen molar-refractivity contribution in [1.29, 1.82) is 0 Å². The van der Waals surface area contributed by atoms with Gasteiger partial charge in [-0.05, 0) is 43.9 Å².